The molecule has 0 radical (unpaired) electrons. The second-order valence-electron chi connectivity index (χ2n) is 9.38. The Morgan fingerprint density at radius 2 is 1.46 bits per heavy atom. The number of carbonyl (C=O) groups is 1. The lowest BCUT2D eigenvalue weighted by Crippen LogP contribution is -2.34. The molecule has 28 heavy (non-hydrogen) atoms. The third-order valence-corrected chi connectivity index (χ3v) is 8.85. The number of hydrogen-bond donors (Lipinski definition) is 1. The van der Waals surface area contributed by atoms with E-state index < -0.39 is 20.6 Å². The summed E-state index contributed by atoms with van der Waals surface area (Å²) in [4.78, 5) is 10.6. The second kappa shape index (κ2) is 9.91. The second-order valence-corrected chi connectivity index (χ2v) is 12.2. The standard InChI is InChI=1S/C23H36O4S/c1-23(2,3)28(26,27)17-21-15-13-20(14-16-21)12-11-19-9-7-18(8-10-19)5-4-6-22(24)25/h7-10,20-21H,4-6,11-17H2,1-3H3,(H,24,25). The van der Waals surface area contributed by atoms with Gasteiger partial charge in [0.2, 0.25) is 0 Å². The summed E-state index contributed by atoms with van der Waals surface area (Å²) in [6.07, 6.45) is 8.28. The van der Waals surface area contributed by atoms with Crippen LogP contribution in [0.3, 0.4) is 0 Å². The lowest BCUT2D eigenvalue weighted by molar-refractivity contribution is -0.137. The van der Waals surface area contributed by atoms with E-state index in [1.54, 1.807) is 20.8 Å². The van der Waals surface area contributed by atoms with Crippen LogP contribution in [0.25, 0.3) is 0 Å². The van der Waals surface area contributed by atoms with Crippen LogP contribution < -0.4 is 0 Å². The Bertz CT molecular complexity index is 721. The van der Waals surface area contributed by atoms with Crippen molar-refractivity contribution < 1.29 is 18.3 Å². The van der Waals surface area contributed by atoms with Gasteiger partial charge in [-0.05, 0) is 82.3 Å². The molecule has 0 bridgehead atoms. The Kier molecular flexibility index (Phi) is 8.11. The van der Waals surface area contributed by atoms with Crippen LogP contribution in [0.15, 0.2) is 24.3 Å². The molecule has 1 aromatic rings. The molecule has 4 nitrogen and oxygen atoms in total. The van der Waals surface area contributed by atoms with Crippen molar-refractivity contribution in [3.8, 4) is 0 Å². The lowest BCUT2D eigenvalue weighted by atomic mass is 9.80. The van der Waals surface area contributed by atoms with Crippen LogP contribution in [0.4, 0.5) is 0 Å². The highest BCUT2D eigenvalue weighted by Gasteiger charge is 2.33. The number of carboxylic acid groups (broad SMARTS) is 1. The van der Waals surface area contributed by atoms with Gasteiger partial charge in [-0.15, -0.1) is 0 Å². The smallest absolute Gasteiger partial charge is 0.303 e. The van der Waals surface area contributed by atoms with Gasteiger partial charge >= 0.3 is 5.97 Å². The third kappa shape index (κ3) is 7.23. The fourth-order valence-electron chi connectivity index (χ4n) is 3.93. The van der Waals surface area contributed by atoms with Crippen LogP contribution in [-0.2, 0) is 27.5 Å². The van der Waals surface area contributed by atoms with Crippen LogP contribution >= 0.6 is 0 Å². The summed E-state index contributed by atoms with van der Waals surface area (Å²) in [6, 6.07) is 8.56. The van der Waals surface area contributed by atoms with Gasteiger partial charge in [0.25, 0.3) is 0 Å². The Morgan fingerprint density at radius 1 is 0.964 bits per heavy atom. The van der Waals surface area contributed by atoms with Gasteiger partial charge < -0.3 is 5.11 Å². The quantitative estimate of drug-likeness (QED) is 0.621. The normalized spacial score (nSPS) is 20.8. The van der Waals surface area contributed by atoms with Gasteiger partial charge in [0.05, 0.1) is 10.5 Å². The van der Waals surface area contributed by atoms with Crippen LogP contribution in [0.1, 0.15) is 76.8 Å². The molecule has 0 heterocycles. The summed E-state index contributed by atoms with van der Waals surface area (Å²) in [5, 5.41) is 8.71. The average Bonchev–Trinajstić information content (AvgIpc) is 2.61. The van der Waals surface area contributed by atoms with E-state index in [1.165, 1.54) is 11.1 Å². The van der Waals surface area contributed by atoms with Crippen LogP contribution in [-0.4, -0.2) is 30.0 Å². The minimum absolute atomic E-state index is 0.224. The zero-order valence-electron chi connectivity index (χ0n) is 17.6. The van der Waals surface area contributed by atoms with Crippen molar-refractivity contribution in [2.45, 2.75) is 83.3 Å². The van der Waals surface area contributed by atoms with Crippen molar-refractivity contribution in [3.05, 3.63) is 35.4 Å². The molecular weight excluding hydrogens is 372 g/mol. The molecule has 158 valence electrons. The van der Waals surface area contributed by atoms with Crippen LogP contribution in [0.2, 0.25) is 0 Å². The van der Waals surface area contributed by atoms with E-state index in [2.05, 4.69) is 24.3 Å². The lowest BCUT2D eigenvalue weighted by Gasteiger charge is -2.30. The molecule has 0 aromatic heterocycles. The molecule has 1 N–H and O–H groups in total. The average molecular weight is 409 g/mol. The largest absolute Gasteiger partial charge is 0.481 e. The minimum atomic E-state index is -3.02. The summed E-state index contributed by atoms with van der Waals surface area (Å²) in [7, 11) is -3.02. The number of sulfone groups is 1. The summed E-state index contributed by atoms with van der Waals surface area (Å²) in [5.74, 6) is 0.628. The minimum Gasteiger partial charge on any atom is -0.481 e. The monoisotopic (exact) mass is 408 g/mol. The summed E-state index contributed by atoms with van der Waals surface area (Å²) in [5.41, 5.74) is 2.53. The number of rotatable bonds is 9. The van der Waals surface area contributed by atoms with Gasteiger partial charge in [-0.3, -0.25) is 4.79 Å². The molecular formula is C23H36O4S. The zero-order chi connectivity index (χ0) is 20.8. The molecule has 1 saturated carbocycles. The first-order chi connectivity index (χ1) is 13.1. The first kappa shape index (κ1) is 22.9. The molecule has 5 heteroatoms. The SMILES string of the molecule is CC(C)(C)S(=O)(=O)CC1CCC(CCc2ccc(CCCC(=O)O)cc2)CC1. The van der Waals surface area contributed by atoms with Gasteiger partial charge in [0, 0.05) is 6.42 Å². The van der Waals surface area contributed by atoms with Gasteiger partial charge in [-0.25, -0.2) is 8.42 Å². The van der Waals surface area contributed by atoms with E-state index in [0.29, 0.717) is 24.0 Å². The molecule has 0 atom stereocenters. The summed E-state index contributed by atoms with van der Waals surface area (Å²) >= 11 is 0. The molecule has 1 fully saturated rings. The first-order valence-corrected chi connectivity index (χ1v) is 12.2. The van der Waals surface area contributed by atoms with E-state index in [0.717, 1.165) is 44.9 Å². The Labute approximate surface area is 170 Å². The third-order valence-electron chi connectivity index (χ3n) is 6.07. The van der Waals surface area contributed by atoms with E-state index in [1.807, 2.05) is 0 Å². The molecule has 1 aliphatic carbocycles. The Balaban J connectivity index is 1.71. The maximum Gasteiger partial charge on any atom is 0.303 e. The molecule has 0 amide bonds. The molecule has 0 unspecified atom stereocenters. The van der Waals surface area contributed by atoms with E-state index in [9.17, 15) is 13.2 Å². The van der Waals surface area contributed by atoms with E-state index >= 15 is 0 Å². The molecule has 1 aromatic carbocycles. The maximum atomic E-state index is 12.4. The number of benzene rings is 1. The fourth-order valence-corrected chi connectivity index (χ4v) is 5.39. The highest BCUT2D eigenvalue weighted by molar-refractivity contribution is 7.92. The predicted octanol–water partition coefficient (Wildman–Crippen LogP) is 5.05. The van der Waals surface area contributed by atoms with Crippen molar-refractivity contribution in [2.75, 3.05) is 5.75 Å². The predicted molar refractivity (Wildman–Crippen MR) is 114 cm³/mol. The highest BCUT2D eigenvalue weighted by Crippen LogP contribution is 2.34. The van der Waals surface area contributed by atoms with Crippen molar-refractivity contribution in [2.24, 2.45) is 11.8 Å². The Morgan fingerprint density at radius 3 is 1.96 bits per heavy atom. The topological polar surface area (TPSA) is 71.4 Å². The molecule has 0 spiro atoms. The van der Waals surface area contributed by atoms with Crippen molar-refractivity contribution in [3.63, 3.8) is 0 Å². The number of aliphatic carboxylic acids is 1. The zero-order valence-corrected chi connectivity index (χ0v) is 18.4. The van der Waals surface area contributed by atoms with Crippen LogP contribution in [0.5, 0.6) is 0 Å². The van der Waals surface area contributed by atoms with Gasteiger partial charge in [0.15, 0.2) is 9.84 Å². The first-order valence-electron chi connectivity index (χ1n) is 10.6. The van der Waals surface area contributed by atoms with Crippen LogP contribution in [0, 0.1) is 11.8 Å². The van der Waals surface area contributed by atoms with Crippen molar-refractivity contribution in [1.82, 2.24) is 0 Å². The van der Waals surface area contributed by atoms with Gasteiger partial charge in [0.1, 0.15) is 0 Å². The maximum absolute atomic E-state index is 12.4. The summed E-state index contributed by atoms with van der Waals surface area (Å²) in [6.45, 7) is 5.39. The number of hydrogen-bond acceptors (Lipinski definition) is 3. The molecule has 1 aliphatic rings. The van der Waals surface area contributed by atoms with E-state index in [-0.39, 0.29) is 6.42 Å². The Hall–Kier alpha value is -1.36. The van der Waals surface area contributed by atoms with Crippen molar-refractivity contribution >= 4 is 15.8 Å². The highest BCUT2D eigenvalue weighted by atomic mass is 32.2. The summed E-state index contributed by atoms with van der Waals surface area (Å²) < 4.78 is 24.2. The van der Waals surface area contributed by atoms with Crippen molar-refractivity contribution in [1.29, 1.82) is 0 Å². The molecule has 0 aliphatic heterocycles. The molecule has 2 rings (SSSR count). The van der Waals surface area contributed by atoms with E-state index in [4.69, 9.17) is 5.11 Å². The number of carboxylic acids is 1. The molecule has 0 saturated heterocycles. The van der Waals surface area contributed by atoms with Gasteiger partial charge in [-0.2, -0.15) is 0 Å². The fraction of sp³-hybridized carbons (Fsp3) is 0.696. The van der Waals surface area contributed by atoms with Gasteiger partial charge in [-0.1, -0.05) is 37.1 Å². The number of aryl methyl sites for hydroxylation is 2.